The molecule has 5 nitrogen and oxygen atoms in total. The number of rotatable bonds is 6. The summed E-state index contributed by atoms with van der Waals surface area (Å²) in [4.78, 5) is 20.6. The lowest BCUT2D eigenvalue weighted by atomic mass is 10.0. The highest BCUT2D eigenvalue weighted by molar-refractivity contribution is 5.94. The number of amides is 1. The molecule has 0 aliphatic heterocycles. The van der Waals surface area contributed by atoms with E-state index in [1.54, 1.807) is 24.7 Å². The first-order valence-electron chi connectivity index (χ1n) is 8.64. The first-order valence-corrected chi connectivity index (χ1v) is 8.64. The van der Waals surface area contributed by atoms with Gasteiger partial charge in [-0.15, -0.1) is 0 Å². The van der Waals surface area contributed by atoms with E-state index < -0.39 is 0 Å². The largest absolute Gasteiger partial charge is 0.384 e. The molecule has 0 spiro atoms. The van der Waals surface area contributed by atoms with E-state index in [0.717, 1.165) is 24.0 Å². The molecule has 0 atom stereocenters. The van der Waals surface area contributed by atoms with E-state index in [4.69, 9.17) is 5.73 Å². The third-order valence-electron chi connectivity index (χ3n) is 4.20. The molecule has 2 aromatic heterocycles. The van der Waals surface area contributed by atoms with Crippen LogP contribution < -0.4 is 11.1 Å². The summed E-state index contributed by atoms with van der Waals surface area (Å²) in [5, 5.41) is 2.88. The highest BCUT2D eigenvalue weighted by Gasteiger charge is 2.08. The molecule has 0 unspecified atom stereocenters. The van der Waals surface area contributed by atoms with Gasteiger partial charge in [0.2, 0.25) is 0 Å². The Labute approximate surface area is 153 Å². The number of hydrogen-bond donors (Lipinski definition) is 2. The molecule has 0 bridgehead atoms. The molecule has 1 amide bonds. The molecule has 0 fully saturated rings. The van der Waals surface area contributed by atoms with Gasteiger partial charge in [0.25, 0.3) is 5.91 Å². The van der Waals surface area contributed by atoms with Crippen molar-refractivity contribution in [3.63, 3.8) is 0 Å². The molecule has 26 heavy (non-hydrogen) atoms. The third-order valence-corrected chi connectivity index (χ3v) is 4.20. The fourth-order valence-electron chi connectivity index (χ4n) is 2.66. The summed E-state index contributed by atoms with van der Waals surface area (Å²) in [6, 6.07) is 14.0. The molecular weight excluding hydrogens is 324 g/mol. The third kappa shape index (κ3) is 4.66. The first-order chi connectivity index (χ1) is 12.6. The van der Waals surface area contributed by atoms with Crippen molar-refractivity contribution >= 4 is 11.7 Å². The predicted octanol–water partition coefficient (Wildman–Crippen LogP) is 3.14. The van der Waals surface area contributed by atoms with E-state index in [9.17, 15) is 4.79 Å². The second-order valence-corrected chi connectivity index (χ2v) is 6.20. The van der Waals surface area contributed by atoms with Crippen LogP contribution in [0.4, 0.5) is 5.82 Å². The zero-order chi connectivity index (χ0) is 18.4. The Morgan fingerprint density at radius 2 is 1.69 bits per heavy atom. The summed E-state index contributed by atoms with van der Waals surface area (Å²) >= 11 is 0. The van der Waals surface area contributed by atoms with E-state index >= 15 is 0 Å². The Kier molecular flexibility index (Phi) is 5.59. The minimum Gasteiger partial charge on any atom is -0.384 e. The predicted molar refractivity (Wildman–Crippen MR) is 103 cm³/mol. The van der Waals surface area contributed by atoms with Crippen LogP contribution in [0.15, 0.2) is 61.1 Å². The van der Waals surface area contributed by atoms with E-state index in [-0.39, 0.29) is 5.91 Å². The van der Waals surface area contributed by atoms with Crippen molar-refractivity contribution in [2.24, 2.45) is 0 Å². The number of nitrogens with two attached hydrogens (primary N) is 1. The molecule has 0 saturated carbocycles. The average Bonchev–Trinajstić information content (AvgIpc) is 2.68. The quantitative estimate of drug-likeness (QED) is 0.718. The molecule has 1 aromatic carbocycles. The molecule has 5 heteroatoms. The lowest BCUT2D eigenvalue weighted by Gasteiger charge is -2.07. The Balaban J connectivity index is 1.63. The van der Waals surface area contributed by atoms with Crippen LogP contribution in [0.2, 0.25) is 0 Å². The highest BCUT2D eigenvalue weighted by Crippen LogP contribution is 2.12. The molecule has 0 saturated heterocycles. The number of benzene rings is 1. The fraction of sp³-hybridized carbons (Fsp3) is 0.190. The Morgan fingerprint density at radius 1 is 0.962 bits per heavy atom. The summed E-state index contributed by atoms with van der Waals surface area (Å²) in [7, 11) is 0. The van der Waals surface area contributed by atoms with Crippen LogP contribution in [-0.2, 0) is 19.4 Å². The number of anilines is 1. The number of aryl methyl sites for hydroxylation is 1. The Morgan fingerprint density at radius 3 is 2.38 bits per heavy atom. The van der Waals surface area contributed by atoms with E-state index in [1.165, 1.54) is 11.1 Å². The van der Waals surface area contributed by atoms with Crippen molar-refractivity contribution in [3.8, 4) is 0 Å². The lowest BCUT2D eigenvalue weighted by molar-refractivity contribution is 0.0950. The highest BCUT2D eigenvalue weighted by atomic mass is 16.1. The van der Waals surface area contributed by atoms with Crippen LogP contribution in [0, 0.1) is 0 Å². The standard InChI is InChI=1S/C21H22N4O/c1-2-15-3-5-16(6-4-15)9-18-10-19(14-23-11-18)21(26)25-13-17-7-8-20(22)24-12-17/h3-8,10-12,14H,2,9,13H2,1H3,(H2,22,24)(H,25,26). The van der Waals surface area contributed by atoms with Crippen molar-refractivity contribution < 1.29 is 4.79 Å². The molecule has 3 N–H and O–H groups in total. The second-order valence-electron chi connectivity index (χ2n) is 6.20. The molecule has 2 heterocycles. The number of hydrogen-bond acceptors (Lipinski definition) is 4. The van der Waals surface area contributed by atoms with Gasteiger partial charge in [0.1, 0.15) is 5.82 Å². The number of nitrogen functional groups attached to an aromatic ring is 1. The minimum absolute atomic E-state index is 0.155. The molecular formula is C21H22N4O. The van der Waals surface area contributed by atoms with E-state index in [2.05, 4.69) is 46.5 Å². The van der Waals surface area contributed by atoms with Crippen molar-refractivity contribution in [2.75, 3.05) is 5.73 Å². The summed E-state index contributed by atoms with van der Waals surface area (Å²) in [5.74, 6) is 0.307. The molecule has 0 radical (unpaired) electrons. The Bertz CT molecular complexity index is 873. The van der Waals surface area contributed by atoms with Gasteiger partial charge in [-0.25, -0.2) is 4.98 Å². The SMILES string of the molecule is CCc1ccc(Cc2cncc(C(=O)NCc3ccc(N)nc3)c2)cc1. The number of nitrogens with zero attached hydrogens (tertiary/aromatic N) is 2. The second kappa shape index (κ2) is 8.25. The van der Waals surface area contributed by atoms with Gasteiger partial charge in [0, 0.05) is 25.1 Å². The summed E-state index contributed by atoms with van der Waals surface area (Å²) in [6.45, 7) is 2.54. The van der Waals surface area contributed by atoms with E-state index in [1.807, 2.05) is 12.1 Å². The van der Waals surface area contributed by atoms with Crippen molar-refractivity contribution in [2.45, 2.75) is 26.3 Å². The normalized spacial score (nSPS) is 10.5. The molecule has 3 aromatic rings. The smallest absolute Gasteiger partial charge is 0.253 e. The zero-order valence-electron chi connectivity index (χ0n) is 14.8. The summed E-state index contributed by atoms with van der Waals surface area (Å²) in [6.07, 6.45) is 6.82. The van der Waals surface area contributed by atoms with Crippen LogP contribution in [0.1, 0.15) is 39.5 Å². The lowest BCUT2D eigenvalue weighted by Crippen LogP contribution is -2.23. The van der Waals surface area contributed by atoms with Crippen LogP contribution in [0.25, 0.3) is 0 Å². The maximum atomic E-state index is 12.4. The monoisotopic (exact) mass is 346 g/mol. The maximum absolute atomic E-state index is 12.4. The Hall–Kier alpha value is -3.21. The van der Waals surface area contributed by atoms with Crippen LogP contribution in [0.5, 0.6) is 0 Å². The van der Waals surface area contributed by atoms with Crippen LogP contribution in [-0.4, -0.2) is 15.9 Å². The van der Waals surface area contributed by atoms with Gasteiger partial charge < -0.3 is 11.1 Å². The molecule has 3 rings (SSSR count). The summed E-state index contributed by atoms with van der Waals surface area (Å²) in [5.41, 5.74) is 10.5. The van der Waals surface area contributed by atoms with Crippen LogP contribution >= 0.6 is 0 Å². The number of nitrogens with one attached hydrogen (secondary N) is 1. The van der Waals surface area contributed by atoms with Crippen molar-refractivity contribution in [3.05, 3.63) is 88.9 Å². The first kappa shape index (κ1) is 17.6. The van der Waals surface area contributed by atoms with Gasteiger partial charge in [-0.1, -0.05) is 37.3 Å². The van der Waals surface area contributed by atoms with Crippen LogP contribution in [0.3, 0.4) is 0 Å². The fourth-order valence-corrected chi connectivity index (χ4v) is 2.66. The summed E-state index contributed by atoms with van der Waals surface area (Å²) < 4.78 is 0. The molecule has 0 aliphatic carbocycles. The van der Waals surface area contributed by atoms with Crippen molar-refractivity contribution in [1.29, 1.82) is 0 Å². The number of aromatic nitrogens is 2. The molecule has 0 aliphatic rings. The zero-order valence-corrected chi connectivity index (χ0v) is 14.8. The van der Waals surface area contributed by atoms with Gasteiger partial charge in [-0.05, 0) is 47.2 Å². The topological polar surface area (TPSA) is 80.9 Å². The molecule has 132 valence electrons. The van der Waals surface area contributed by atoms with Gasteiger partial charge in [-0.3, -0.25) is 9.78 Å². The van der Waals surface area contributed by atoms with Gasteiger partial charge >= 0.3 is 0 Å². The maximum Gasteiger partial charge on any atom is 0.253 e. The van der Waals surface area contributed by atoms with Gasteiger partial charge in [-0.2, -0.15) is 0 Å². The number of carbonyl (C=O) groups excluding carboxylic acids is 1. The number of pyridine rings is 2. The minimum atomic E-state index is -0.155. The van der Waals surface area contributed by atoms with Gasteiger partial charge in [0.15, 0.2) is 0 Å². The van der Waals surface area contributed by atoms with Crippen molar-refractivity contribution in [1.82, 2.24) is 15.3 Å². The van der Waals surface area contributed by atoms with E-state index in [0.29, 0.717) is 17.9 Å². The van der Waals surface area contributed by atoms with Gasteiger partial charge in [0.05, 0.1) is 5.56 Å². The number of carbonyl (C=O) groups is 1. The average molecular weight is 346 g/mol.